The third kappa shape index (κ3) is 24.8. The Morgan fingerprint density at radius 2 is 0.803 bits per heavy atom. The molecule has 132 heavy (non-hydrogen) atoms. The standard InChI is InChI=1S/C22H27N3O.C21H24FN3.C21H24N4O.C21H25N3O2S2.C20H23N3O2S2/c1-24-13-10-18-15-20(6-7-22(18)24)25(19-8-11-23-12-9-19)16-17-4-3-5-21(14-17)26-2;1-24-12-9-17-14-20(5-6-21(17)24)25(19-7-10-23-11-8-19)15-16-3-2-4-18(22)13-16;22-21(26)17-3-1-2-15(12-17)14-25(18-7-9-23-10-8-18)19-4-5-20-16(13-19)6-11-24-20;1-28(25,26)23-18-4-2-3-16(13-18)15-24(19-7-10-22-11-8-19)20-5-6-21-17(14-20)9-12-27-21;21-27(24,25)19-3-1-2-15(12-19)14-23(17-6-9-22-10-7-17)18-4-5-20-16(13-18)8-11-26-20/h3-7,10,13-15,19,23H,8-9,11-12,16H2,1-2H3;2-6,9,12-14,19,23H,7-8,10-11,15H2,1H3;1-6,11-13,18,23-24H,7-10,14H2,(H2,22,26);2-6,9,12-14,19,22-23H,7-8,10-11,15H2,1H3;1-5,8,11-13,17,22H,6-7,9-10,14H2,(H2,21,24,25). The third-order valence-corrected chi connectivity index (χ3v) is 29.3. The van der Waals surface area contributed by atoms with Gasteiger partial charge in [0.2, 0.25) is 26.0 Å². The van der Waals surface area contributed by atoms with Gasteiger partial charge in [-0.1, -0.05) is 60.7 Å². The number of thiophene rings is 2. The zero-order valence-electron chi connectivity index (χ0n) is 75.8. The highest BCUT2D eigenvalue weighted by molar-refractivity contribution is 7.92. The monoisotopic (exact) mass is 1850 g/mol. The largest absolute Gasteiger partial charge is 0.497 e. The zero-order chi connectivity index (χ0) is 91.5. The number of aromatic amines is 1. The number of benzene rings is 10. The molecule has 690 valence electrons. The van der Waals surface area contributed by atoms with Gasteiger partial charge in [0.25, 0.3) is 0 Å². The van der Waals surface area contributed by atoms with E-state index in [1.807, 2.05) is 48.7 Å². The molecule has 22 nitrogen and oxygen atoms in total. The fourth-order valence-corrected chi connectivity index (χ4v) is 21.8. The number of sulfonamides is 2. The van der Waals surface area contributed by atoms with Crippen LogP contribution in [0, 0.1) is 5.82 Å². The first-order valence-electron chi connectivity index (χ1n) is 46.1. The van der Waals surface area contributed by atoms with Crippen molar-refractivity contribution in [2.75, 3.05) is 108 Å². The van der Waals surface area contributed by atoms with E-state index in [1.165, 1.54) is 107 Å². The summed E-state index contributed by atoms with van der Waals surface area (Å²) in [6.07, 6.45) is 18.5. The number of aryl methyl sites for hydroxylation is 2. The van der Waals surface area contributed by atoms with E-state index in [9.17, 15) is 26.0 Å². The number of primary sulfonamides is 1. The van der Waals surface area contributed by atoms with Crippen LogP contribution in [-0.2, 0) is 66.9 Å². The lowest BCUT2D eigenvalue weighted by Crippen LogP contribution is -2.43. The van der Waals surface area contributed by atoms with Crippen LogP contribution >= 0.6 is 22.7 Å². The van der Waals surface area contributed by atoms with Crippen LogP contribution in [0.1, 0.15) is 102 Å². The number of nitrogens with one attached hydrogen (secondary N) is 7. The summed E-state index contributed by atoms with van der Waals surface area (Å²) < 4.78 is 75.1. The predicted octanol–water partition coefficient (Wildman–Crippen LogP) is 18.4. The highest BCUT2D eigenvalue weighted by Gasteiger charge is 2.29. The van der Waals surface area contributed by atoms with Gasteiger partial charge in [-0.25, -0.2) is 26.4 Å². The van der Waals surface area contributed by atoms with Crippen LogP contribution in [-0.4, -0.2) is 146 Å². The molecule has 0 radical (unpaired) electrons. The number of H-pyrrole nitrogens is 1. The molecule has 0 bridgehead atoms. The van der Waals surface area contributed by atoms with E-state index in [4.69, 9.17) is 15.6 Å². The van der Waals surface area contributed by atoms with Gasteiger partial charge < -0.3 is 75.7 Å². The molecule has 0 unspecified atom stereocenters. The second-order valence-corrected chi connectivity index (χ2v) is 40.4. The number of nitrogens with zero attached hydrogens (tertiary/aromatic N) is 7. The van der Waals surface area contributed by atoms with Crippen LogP contribution in [0.15, 0.2) is 277 Å². The second-order valence-electron chi connectivity index (χ2n) is 35.2. The number of carbonyl (C=O) groups is 1. The lowest BCUT2D eigenvalue weighted by atomic mass is 10.0. The van der Waals surface area contributed by atoms with Crippen molar-refractivity contribution in [1.82, 2.24) is 40.7 Å². The Balaban J connectivity index is 0.000000120. The number of aromatic nitrogens is 3. The fraction of sp³-hybridized carbons (Fsp3) is 0.324. The third-order valence-electron chi connectivity index (χ3n) is 26.0. The molecule has 11 N–H and O–H groups in total. The predicted molar refractivity (Wildman–Crippen MR) is 545 cm³/mol. The number of primary amides is 1. The van der Waals surface area contributed by atoms with Gasteiger partial charge in [0, 0.05) is 177 Å². The number of carbonyl (C=O) groups excluding carboxylic acids is 1. The van der Waals surface area contributed by atoms with E-state index in [2.05, 4.69) is 259 Å². The Morgan fingerprint density at radius 1 is 0.424 bits per heavy atom. The first kappa shape index (κ1) is 93.6. The number of rotatable bonds is 25. The Morgan fingerprint density at radius 3 is 1.23 bits per heavy atom. The molecule has 5 saturated heterocycles. The molecule has 1 amide bonds. The minimum Gasteiger partial charge on any atom is -0.497 e. The van der Waals surface area contributed by atoms with Gasteiger partial charge >= 0.3 is 0 Å². The minimum atomic E-state index is -3.70. The molecule has 0 saturated carbocycles. The number of piperidine rings is 5. The first-order chi connectivity index (χ1) is 64.1. The summed E-state index contributed by atoms with van der Waals surface area (Å²) in [5, 5.41) is 33.1. The summed E-state index contributed by atoms with van der Waals surface area (Å²) in [7, 11) is -1.08. The number of hydrogen-bond acceptors (Lipinski definition) is 18. The lowest BCUT2D eigenvalue weighted by molar-refractivity contribution is 0.1000. The second kappa shape index (κ2) is 44.3. The Hall–Kier alpha value is -11.6. The molecule has 27 heteroatoms. The molecule has 5 aliphatic rings. The maximum Gasteiger partial charge on any atom is 0.248 e. The Kier molecular flexibility index (Phi) is 31.4. The van der Waals surface area contributed by atoms with E-state index in [1.54, 1.807) is 72.2 Å². The minimum absolute atomic E-state index is 0.165. The van der Waals surface area contributed by atoms with E-state index < -0.39 is 20.0 Å². The van der Waals surface area contributed by atoms with Crippen LogP contribution < -0.4 is 71.4 Å². The van der Waals surface area contributed by atoms with Crippen molar-refractivity contribution in [1.29, 1.82) is 0 Å². The number of fused-ring (bicyclic) bond motifs is 5. The molecular formula is C105H123FN16O6S4. The highest BCUT2D eigenvalue weighted by Crippen LogP contribution is 2.37. The molecule has 0 atom stereocenters. The van der Waals surface area contributed by atoms with Gasteiger partial charge in [-0.05, 0) is 361 Å². The molecule has 10 heterocycles. The summed E-state index contributed by atoms with van der Waals surface area (Å²) in [6.45, 7) is 14.2. The molecule has 0 spiro atoms. The molecule has 15 aromatic rings. The molecule has 20 rings (SSSR count). The van der Waals surface area contributed by atoms with Crippen LogP contribution in [0.25, 0.3) is 52.9 Å². The van der Waals surface area contributed by atoms with Crippen molar-refractivity contribution in [3.63, 3.8) is 0 Å². The maximum atomic E-state index is 13.6. The van der Waals surface area contributed by atoms with Gasteiger partial charge in [-0.15, -0.1) is 22.7 Å². The number of nitrogens with two attached hydrogens (primary N) is 2. The molecule has 5 fully saturated rings. The van der Waals surface area contributed by atoms with Crippen molar-refractivity contribution in [3.8, 4) is 5.75 Å². The number of anilines is 6. The summed E-state index contributed by atoms with van der Waals surface area (Å²) in [6, 6.07) is 84.1. The lowest BCUT2D eigenvalue weighted by Gasteiger charge is -2.36. The highest BCUT2D eigenvalue weighted by atomic mass is 32.2. The van der Waals surface area contributed by atoms with Gasteiger partial charge in [0.05, 0.1) is 18.3 Å². The number of halogens is 1. The number of amides is 1. The Labute approximate surface area is 783 Å². The first-order valence-corrected chi connectivity index (χ1v) is 51.3. The van der Waals surface area contributed by atoms with E-state index in [0.717, 1.165) is 177 Å². The van der Waals surface area contributed by atoms with Crippen molar-refractivity contribution in [2.45, 2.75) is 132 Å². The fourth-order valence-electron chi connectivity index (χ4n) is 19.1. The zero-order valence-corrected chi connectivity index (χ0v) is 79.1. The average Bonchev–Trinajstić information content (AvgIpc) is 1.60. The van der Waals surface area contributed by atoms with Gasteiger partial charge in [-0.2, -0.15) is 0 Å². The quantitative estimate of drug-likeness (QED) is 0.0258. The maximum absolute atomic E-state index is 13.6. The topological polar surface area (TPSA) is 261 Å². The van der Waals surface area contributed by atoms with Crippen molar-refractivity contribution < 1.29 is 30.8 Å². The summed E-state index contributed by atoms with van der Waals surface area (Å²) in [5.74, 6) is 0.376. The molecule has 5 aromatic heterocycles. The summed E-state index contributed by atoms with van der Waals surface area (Å²) >= 11 is 3.50. The van der Waals surface area contributed by atoms with Crippen molar-refractivity contribution in [3.05, 3.63) is 311 Å². The SMILES string of the molecule is COc1cccc(CN(c2ccc3c(ccn3C)c2)C2CCNCC2)c1.CS(=O)(=O)Nc1cccc(CN(c2ccc3sccc3c2)C2CCNCC2)c1.Cn1ccc2cc(N(Cc3cccc(F)c3)C3CCNCC3)ccc21.NC(=O)c1cccc(CN(c2ccc3[nH]ccc3c2)C2CCNCC2)c1.NS(=O)(=O)c1cccc(CN(c2ccc3sccc3c2)C2CCNCC2)c1. The van der Waals surface area contributed by atoms with E-state index in [-0.39, 0.29) is 16.6 Å². The van der Waals surface area contributed by atoms with Crippen LogP contribution in [0.4, 0.5) is 38.5 Å². The number of ether oxygens (including phenoxy) is 1. The van der Waals surface area contributed by atoms with Gasteiger partial charge in [0.15, 0.2) is 0 Å². The molecule has 0 aliphatic carbocycles. The normalized spacial score (nSPS) is 15.5. The van der Waals surface area contributed by atoms with Crippen molar-refractivity contribution >= 4 is 136 Å². The number of methoxy groups -OCH3 is 1. The molecule has 10 aromatic carbocycles. The van der Waals surface area contributed by atoms with Crippen LogP contribution in [0.2, 0.25) is 0 Å². The van der Waals surface area contributed by atoms with Crippen molar-refractivity contribution in [2.24, 2.45) is 25.0 Å². The molecule has 5 aliphatic heterocycles. The van der Waals surface area contributed by atoms with E-state index in [0.29, 0.717) is 48.0 Å². The summed E-state index contributed by atoms with van der Waals surface area (Å²) in [5.41, 5.74) is 21.9. The average molecular weight is 1850 g/mol. The number of hydrogen-bond donors (Lipinski definition) is 9. The van der Waals surface area contributed by atoms with Crippen LogP contribution in [0.3, 0.4) is 0 Å². The summed E-state index contributed by atoms with van der Waals surface area (Å²) in [4.78, 5) is 27.3. The Bertz CT molecular complexity index is 6580. The van der Waals surface area contributed by atoms with Gasteiger partial charge in [-0.3, -0.25) is 9.52 Å². The van der Waals surface area contributed by atoms with E-state index >= 15 is 0 Å². The smallest absolute Gasteiger partial charge is 0.248 e. The van der Waals surface area contributed by atoms with Gasteiger partial charge in [0.1, 0.15) is 11.6 Å². The van der Waals surface area contributed by atoms with Crippen LogP contribution in [0.5, 0.6) is 5.75 Å². The molecular weight excluding hydrogens is 1730 g/mol.